The summed E-state index contributed by atoms with van der Waals surface area (Å²) >= 11 is 0. The summed E-state index contributed by atoms with van der Waals surface area (Å²) in [5, 5.41) is 0. The molecule has 1 saturated heterocycles. The Morgan fingerprint density at radius 3 is 2.26 bits per heavy atom. The van der Waals surface area contributed by atoms with Gasteiger partial charge in [0.15, 0.2) is 0 Å². The van der Waals surface area contributed by atoms with Crippen molar-refractivity contribution in [2.24, 2.45) is 5.41 Å². The van der Waals surface area contributed by atoms with Crippen LogP contribution in [0.5, 0.6) is 0 Å². The van der Waals surface area contributed by atoms with Crippen molar-refractivity contribution in [1.82, 2.24) is 9.80 Å². The van der Waals surface area contributed by atoms with Crippen LogP contribution in [0.2, 0.25) is 0 Å². The predicted molar refractivity (Wildman–Crippen MR) is 71.6 cm³/mol. The molecular weight excluding hydrogens is 244 g/mol. The van der Waals surface area contributed by atoms with Gasteiger partial charge in [-0.25, -0.2) is 0 Å². The molecule has 108 valence electrons. The van der Waals surface area contributed by atoms with Crippen LogP contribution < -0.4 is 0 Å². The molecule has 5 heteroatoms. The van der Waals surface area contributed by atoms with Gasteiger partial charge in [-0.15, -0.1) is 0 Å². The topological polar surface area (TPSA) is 49.9 Å². The molecule has 1 aliphatic carbocycles. The summed E-state index contributed by atoms with van der Waals surface area (Å²) in [4.78, 5) is 28.6. The molecule has 2 aliphatic rings. The van der Waals surface area contributed by atoms with E-state index in [9.17, 15) is 9.59 Å². The minimum absolute atomic E-state index is 0.0415. The number of carbonyl (C=O) groups excluding carboxylic acids is 2. The lowest BCUT2D eigenvalue weighted by Crippen LogP contribution is -2.55. The molecule has 0 aromatic heterocycles. The Hall–Kier alpha value is -1.10. The van der Waals surface area contributed by atoms with Gasteiger partial charge >= 0.3 is 5.97 Å². The van der Waals surface area contributed by atoms with Gasteiger partial charge in [0.1, 0.15) is 5.41 Å². The minimum atomic E-state index is -0.882. The van der Waals surface area contributed by atoms with Crippen LogP contribution in [0.3, 0.4) is 0 Å². The first-order chi connectivity index (χ1) is 9.01. The first-order valence-electron chi connectivity index (χ1n) is 7.05. The quantitative estimate of drug-likeness (QED) is 0.563. The summed E-state index contributed by atoms with van der Waals surface area (Å²) in [5.41, 5.74) is -0.882. The van der Waals surface area contributed by atoms with Crippen molar-refractivity contribution < 1.29 is 14.3 Å². The van der Waals surface area contributed by atoms with Gasteiger partial charge in [0.05, 0.1) is 7.11 Å². The van der Waals surface area contributed by atoms with Crippen LogP contribution >= 0.6 is 0 Å². The van der Waals surface area contributed by atoms with E-state index in [2.05, 4.69) is 11.9 Å². The molecular formula is C14H24N2O3. The van der Waals surface area contributed by atoms with Crippen LogP contribution in [0.4, 0.5) is 0 Å². The van der Waals surface area contributed by atoms with Crippen LogP contribution in [0.25, 0.3) is 0 Å². The van der Waals surface area contributed by atoms with Crippen molar-refractivity contribution in [2.45, 2.75) is 38.1 Å². The number of piperidine rings is 1. The summed E-state index contributed by atoms with van der Waals surface area (Å²) in [7, 11) is 5.30. The average Bonchev–Trinajstić information content (AvgIpc) is 2.37. The molecule has 1 amide bonds. The molecule has 1 heterocycles. The van der Waals surface area contributed by atoms with Gasteiger partial charge in [-0.05, 0) is 45.8 Å². The van der Waals surface area contributed by atoms with Crippen LogP contribution in [0.15, 0.2) is 0 Å². The maximum atomic E-state index is 12.6. The number of amides is 1. The first-order valence-corrected chi connectivity index (χ1v) is 7.05. The number of methoxy groups -OCH3 is 1. The molecule has 1 aliphatic heterocycles. The van der Waals surface area contributed by atoms with E-state index in [1.807, 2.05) is 7.05 Å². The van der Waals surface area contributed by atoms with Crippen molar-refractivity contribution in [2.75, 3.05) is 34.3 Å². The average molecular weight is 268 g/mol. The summed E-state index contributed by atoms with van der Waals surface area (Å²) in [6.07, 6.45) is 4.17. The summed E-state index contributed by atoms with van der Waals surface area (Å²) in [5.74, 6) is -0.399. The molecule has 0 radical (unpaired) electrons. The van der Waals surface area contributed by atoms with E-state index in [1.165, 1.54) is 7.11 Å². The first kappa shape index (κ1) is 14.3. The SMILES string of the molecule is COC(=O)C1(C(=O)N(C)C2CCN(C)CC2)CCC1. The Balaban J connectivity index is 2.04. The molecule has 0 N–H and O–H groups in total. The number of esters is 1. The largest absolute Gasteiger partial charge is 0.468 e. The molecule has 0 atom stereocenters. The van der Waals surface area contributed by atoms with Gasteiger partial charge in [-0.2, -0.15) is 0 Å². The van der Waals surface area contributed by atoms with Crippen LogP contribution in [-0.4, -0.2) is 62.0 Å². The molecule has 1 saturated carbocycles. The second kappa shape index (κ2) is 5.49. The third-order valence-corrected chi connectivity index (χ3v) is 4.75. The maximum absolute atomic E-state index is 12.6. The Morgan fingerprint density at radius 1 is 1.26 bits per heavy atom. The van der Waals surface area contributed by atoms with E-state index in [0.29, 0.717) is 12.8 Å². The molecule has 2 fully saturated rings. The highest BCUT2D eigenvalue weighted by Gasteiger charge is 2.53. The lowest BCUT2D eigenvalue weighted by molar-refractivity contribution is -0.170. The number of hydrogen-bond donors (Lipinski definition) is 0. The van der Waals surface area contributed by atoms with Crippen LogP contribution in [0.1, 0.15) is 32.1 Å². The highest BCUT2D eigenvalue weighted by atomic mass is 16.5. The Labute approximate surface area is 114 Å². The standard InChI is InChI=1S/C14H24N2O3/c1-15-9-5-11(6-10-15)16(2)12(17)14(7-4-8-14)13(18)19-3/h11H,4-10H2,1-3H3. The third kappa shape index (κ3) is 2.48. The van der Waals surface area contributed by atoms with Crippen LogP contribution in [0, 0.1) is 5.41 Å². The molecule has 0 spiro atoms. The molecule has 19 heavy (non-hydrogen) atoms. The van der Waals surface area contributed by atoms with Crippen molar-refractivity contribution in [1.29, 1.82) is 0 Å². The van der Waals surface area contributed by atoms with E-state index in [0.717, 1.165) is 32.4 Å². The number of carbonyl (C=O) groups is 2. The van der Waals surface area contributed by atoms with E-state index >= 15 is 0 Å². The smallest absolute Gasteiger partial charge is 0.321 e. The molecule has 0 bridgehead atoms. The van der Waals surface area contributed by atoms with Gasteiger partial charge in [-0.1, -0.05) is 6.42 Å². The summed E-state index contributed by atoms with van der Waals surface area (Å²) in [6.45, 7) is 2.01. The maximum Gasteiger partial charge on any atom is 0.321 e. The van der Waals surface area contributed by atoms with Gasteiger partial charge in [-0.3, -0.25) is 9.59 Å². The zero-order chi connectivity index (χ0) is 14.0. The minimum Gasteiger partial charge on any atom is -0.468 e. The highest BCUT2D eigenvalue weighted by molar-refractivity contribution is 6.03. The zero-order valence-corrected chi connectivity index (χ0v) is 12.1. The van der Waals surface area contributed by atoms with Crippen molar-refractivity contribution in [3.8, 4) is 0 Å². The molecule has 0 unspecified atom stereocenters. The third-order valence-electron chi connectivity index (χ3n) is 4.75. The van der Waals surface area contributed by atoms with Crippen molar-refractivity contribution >= 4 is 11.9 Å². The molecule has 0 aromatic carbocycles. The van der Waals surface area contributed by atoms with Gasteiger partial charge in [0, 0.05) is 13.1 Å². The number of rotatable bonds is 3. The second-order valence-electron chi connectivity index (χ2n) is 5.88. The van der Waals surface area contributed by atoms with E-state index in [-0.39, 0.29) is 17.9 Å². The monoisotopic (exact) mass is 268 g/mol. The highest BCUT2D eigenvalue weighted by Crippen LogP contribution is 2.44. The Kier molecular flexibility index (Phi) is 4.13. The normalized spacial score (nSPS) is 23.5. The zero-order valence-electron chi connectivity index (χ0n) is 12.1. The fourth-order valence-corrected chi connectivity index (χ4v) is 3.12. The molecule has 0 aromatic rings. The van der Waals surface area contributed by atoms with Crippen molar-refractivity contribution in [3.63, 3.8) is 0 Å². The number of likely N-dealkylation sites (tertiary alicyclic amines) is 1. The lowest BCUT2D eigenvalue weighted by atomic mass is 9.67. The van der Waals surface area contributed by atoms with Gasteiger partial charge in [0.25, 0.3) is 0 Å². The predicted octanol–water partition coefficient (Wildman–Crippen LogP) is 0.882. The fraction of sp³-hybridized carbons (Fsp3) is 0.857. The van der Waals surface area contributed by atoms with Gasteiger partial charge in [0.2, 0.25) is 5.91 Å². The molecule has 5 nitrogen and oxygen atoms in total. The molecule has 2 rings (SSSR count). The Morgan fingerprint density at radius 2 is 1.84 bits per heavy atom. The fourth-order valence-electron chi connectivity index (χ4n) is 3.12. The Bertz CT molecular complexity index is 358. The van der Waals surface area contributed by atoms with Gasteiger partial charge < -0.3 is 14.5 Å². The second-order valence-corrected chi connectivity index (χ2v) is 5.88. The number of ether oxygens (including phenoxy) is 1. The van der Waals surface area contributed by atoms with E-state index in [4.69, 9.17) is 4.74 Å². The summed E-state index contributed by atoms with van der Waals surface area (Å²) in [6, 6.07) is 0.255. The lowest BCUT2D eigenvalue weighted by Gasteiger charge is -2.43. The van der Waals surface area contributed by atoms with Crippen LogP contribution in [-0.2, 0) is 14.3 Å². The van der Waals surface area contributed by atoms with Crippen molar-refractivity contribution in [3.05, 3.63) is 0 Å². The number of hydrogen-bond acceptors (Lipinski definition) is 4. The summed E-state index contributed by atoms with van der Waals surface area (Å²) < 4.78 is 4.84. The van der Waals surface area contributed by atoms with E-state index < -0.39 is 5.41 Å². The van der Waals surface area contributed by atoms with E-state index in [1.54, 1.807) is 4.90 Å². The number of nitrogens with zero attached hydrogens (tertiary/aromatic N) is 2.